The zero-order chi connectivity index (χ0) is 14.2. The summed E-state index contributed by atoms with van der Waals surface area (Å²) in [5, 5.41) is 3.76. The first-order valence-corrected chi connectivity index (χ1v) is 9.09. The van der Waals surface area contributed by atoms with Crippen molar-refractivity contribution in [2.75, 3.05) is 5.75 Å². The monoisotopic (exact) mass is 314 g/mol. The minimum absolute atomic E-state index is 0.0893. The summed E-state index contributed by atoms with van der Waals surface area (Å²) in [6.45, 7) is 4.92. The van der Waals surface area contributed by atoms with Gasteiger partial charge in [0.15, 0.2) is 9.84 Å². The smallest absolute Gasteiger partial charge is 0.264 e. The Hall–Kier alpha value is -0.600. The maximum absolute atomic E-state index is 11.8. The van der Waals surface area contributed by atoms with Crippen molar-refractivity contribution in [3.05, 3.63) is 12.4 Å². The van der Waals surface area contributed by atoms with E-state index in [0.717, 1.165) is 6.20 Å². The van der Waals surface area contributed by atoms with E-state index in [0.29, 0.717) is 0 Å². The van der Waals surface area contributed by atoms with E-state index in [4.69, 9.17) is 10.7 Å². The molecule has 0 saturated carbocycles. The van der Waals surface area contributed by atoms with E-state index in [1.165, 1.54) is 10.9 Å². The van der Waals surface area contributed by atoms with Gasteiger partial charge in [0, 0.05) is 16.9 Å². The van der Waals surface area contributed by atoms with Crippen molar-refractivity contribution in [1.82, 2.24) is 9.78 Å². The number of aromatic nitrogens is 2. The zero-order valence-corrected chi connectivity index (χ0v) is 12.7. The van der Waals surface area contributed by atoms with Crippen molar-refractivity contribution < 1.29 is 16.8 Å². The Balaban J connectivity index is 2.81. The average Bonchev–Trinajstić information content (AvgIpc) is 2.60. The summed E-state index contributed by atoms with van der Waals surface area (Å²) in [6, 6.07) is 0. The molecule has 0 N–H and O–H groups in total. The van der Waals surface area contributed by atoms with Gasteiger partial charge in [0.2, 0.25) is 0 Å². The minimum Gasteiger partial charge on any atom is -0.270 e. The lowest BCUT2D eigenvalue weighted by molar-refractivity contribution is 0.548. The molecule has 104 valence electrons. The van der Waals surface area contributed by atoms with Gasteiger partial charge >= 0.3 is 0 Å². The number of sulfone groups is 1. The third-order valence-electron chi connectivity index (χ3n) is 2.41. The fourth-order valence-corrected chi connectivity index (χ4v) is 2.81. The Kier molecular flexibility index (Phi) is 4.14. The molecule has 1 rings (SSSR count). The Morgan fingerprint density at radius 1 is 1.28 bits per heavy atom. The SMILES string of the molecule is CC(C)(C)S(=O)(=O)CCn1cc(S(=O)(=O)Cl)cn1. The molecule has 0 bridgehead atoms. The number of rotatable bonds is 4. The second-order valence-corrected chi connectivity index (χ2v) is 10.2. The van der Waals surface area contributed by atoms with E-state index in [1.807, 2.05) is 0 Å². The third-order valence-corrected chi connectivity index (χ3v) is 6.31. The van der Waals surface area contributed by atoms with Gasteiger partial charge < -0.3 is 0 Å². The molecule has 0 radical (unpaired) electrons. The van der Waals surface area contributed by atoms with Crippen molar-refractivity contribution in [1.29, 1.82) is 0 Å². The number of aryl methyl sites for hydroxylation is 1. The normalized spacial score (nSPS) is 13.8. The Morgan fingerprint density at radius 3 is 2.22 bits per heavy atom. The second-order valence-electron chi connectivity index (χ2n) is 4.81. The molecule has 0 saturated heterocycles. The Morgan fingerprint density at radius 2 is 1.83 bits per heavy atom. The van der Waals surface area contributed by atoms with Crippen LogP contribution in [0, 0.1) is 0 Å². The van der Waals surface area contributed by atoms with Gasteiger partial charge in [-0.2, -0.15) is 5.10 Å². The molecule has 0 aliphatic carbocycles. The van der Waals surface area contributed by atoms with Crippen LogP contribution in [0.5, 0.6) is 0 Å². The summed E-state index contributed by atoms with van der Waals surface area (Å²) >= 11 is 0. The molecule has 1 aromatic rings. The third kappa shape index (κ3) is 3.69. The molecule has 0 fully saturated rings. The lowest BCUT2D eigenvalue weighted by Gasteiger charge is -2.18. The predicted molar refractivity (Wildman–Crippen MR) is 68.8 cm³/mol. The van der Waals surface area contributed by atoms with Crippen molar-refractivity contribution in [2.45, 2.75) is 37.0 Å². The molecular weight excluding hydrogens is 300 g/mol. The highest BCUT2D eigenvalue weighted by atomic mass is 35.7. The predicted octanol–water partition coefficient (Wildman–Crippen LogP) is 1.02. The minimum atomic E-state index is -3.82. The highest BCUT2D eigenvalue weighted by molar-refractivity contribution is 8.13. The van der Waals surface area contributed by atoms with E-state index in [-0.39, 0.29) is 17.2 Å². The maximum atomic E-state index is 11.8. The first-order valence-electron chi connectivity index (χ1n) is 5.13. The van der Waals surface area contributed by atoms with E-state index in [9.17, 15) is 16.8 Å². The first-order chi connectivity index (χ1) is 7.93. The highest BCUT2D eigenvalue weighted by Crippen LogP contribution is 2.17. The van der Waals surface area contributed by atoms with Crippen LogP contribution in [0.3, 0.4) is 0 Å². The molecule has 0 aliphatic rings. The highest BCUT2D eigenvalue weighted by Gasteiger charge is 2.28. The maximum Gasteiger partial charge on any atom is 0.264 e. The van der Waals surface area contributed by atoms with Gasteiger partial charge in [-0.15, -0.1) is 0 Å². The molecular formula is C9H15ClN2O4S2. The zero-order valence-electron chi connectivity index (χ0n) is 10.3. The van der Waals surface area contributed by atoms with Crippen LogP contribution in [0.2, 0.25) is 0 Å². The summed E-state index contributed by atoms with van der Waals surface area (Å²) in [5.74, 6) is -0.111. The lowest BCUT2D eigenvalue weighted by atomic mass is 10.3. The summed E-state index contributed by atoms with van der Waals surface area (Å²) in [7, 11) is -1.95. The largest absolute Gasteiger partial charge is 0.270 e. The van der Waals surface area contributed by atoms with Crippen LogP contribution < -0.4 is 0 Å². The van der Waals surface area contributed by atoms with Gasteiger partial charge in [-0.3, -0.25) is 4.68 Å². The van der Waals surface area contributed by atoms with E-state index < -0.39 is 23.6 Å². The van der Waals surface area contributed by atoms with Crippen molar-refractivity contribution in [2.24, 2.45) is 0 Å². The summed E-state index contributed by atoms with van der Waals surface area (Å²) in [6.07, 6.45) is 2.30. The van der Waals surface area contributed by atoms with Crippen molar-refractivity contribution in [3.63, 3.8) is 0 Å². The average molecular weight is 315 g/mol. The number of halogens is 1. The fourth-order valence-electron chi connectivity index (χ4n) is 1.11. The summed E-state index contributed by atoms with van der Waals surface area (Å²) in [4.78, 5) is -0.141. The van der Waals surface area contributed by atoms with Crippen LogP contribution in [-0.4, -0.2) is 37.1 Å². The van der Waals surface area contributed by atoms with Crippen LogP contribution in [0.1, 0.15) is 20.8 Å². The van der Waals surface area contributed by atoms with Gasteiger partial charge in [-0.25, -0.2) is 16.8 Å². The summed E-state index contributed by atoms with van der Waals surface area (Å²) < 4.78 is 46.1. The van der Waals surface area contributed by atoms with Crippen LogP contribution >= 0.6 is 10.7 Å². The standard InChI is InChI=1S/C9H15ClN2O4S2/c1-9(2,3)17(13,14)5-4-12-7-8(6-11-12)18(10,15)16/h6-7H,4-5H2,1-3H3. The molecule has 0 atom stereocenters. The number of hydrogen-bond donors (Lipinski definition) is 0. The number of nitrogens with zero attached hydrogens (tertiary/aromatic N) is 2. The van der Waals surface area contributed by atoms with Crippen LogP contribution in [0.15, 0.2) is 17.3 Å². The molecule has 1 heterocycles. The molecule has 1 aromatic heterocycles. The van der Waals surface area contributed by atoms with Crippen LogP contribution in [0.4, 0.5) is 0 Å². The number of hydrogen-bond acceptors (Lipinski definition) is 5. The molecule has 0 aliphatic heterocycles. The topological polar surface area (TPSA) is 86.1 Å². The second kappa shape index (κ2) is 4.82. The van der Waals surface area contributed by atoms with E-state index in [2.05, 4.69) is 5.10 Å². The Labute approximate surface area is 111 Å². The van der Waals surface area contributed by atoms with Gasteiger partial charge in [0.05, 0.1) is 23.2 Å². The fraction of sp³-hybridized carbons (Fsp3) is 0.667. The summed E-state index contributed by atoms with van der Waals surface area (Å²) in [5.41, 5.74) is 0. The molecule has 0 aromatic carbocycles. The lowest BCUT2D eigenvalue weighted by Crippen LogP contribution is -2.32. The van der Waals surface area contributed by atoms with Crippen LogP contribution in [-0.2, 0) is 25.4 Å². The van der Waals surface area contributed by atoms with Crippen LogP contribution in [0.25, 0.3) is 0 Å². The van der Waals surface area contributed by atoms with Gasteiger partial charge in [-0.05, 0) is 20.8 Å². The molecule has 9 heteroatoms. The first kappa shape index (κ1) is 15.5. The molecule has 6 nitrogen and oxygen atoms in total. The van der Waals surface area contributed by atoms with E-state index in [1.54, 1.807) is 20.8 Å². The quantitative estimate of drug-likeness (QED) is 0.775. The molecule has 0 spiro atoms. The van der Waals surface area contributed by atoms with Gasteiger partial charge in [-0.1, -0.05) is 0 Å². The van der Waals surface area contributed by atoms with Gasteiger partial charge in [0.25, 0.3) is 9.05 Å². The molecule has 0 amide bonds. The molecule has 0 unspecified atom stereocenters. The van der Waals surface area contributed by atoms with Gasteiger partial charge in [0.1, 0.15) is 4.90 Å². The molecule has 18 heavy (non-hydrogen) atoms. The van der Waals surface area contributed by atoms with E-state index >= 15 is 0 Å². The van der Waals surface area contributed by atoms with Crippen molar-refractivity contribution in [3.8, 4) is 0 Å². The van der Waals surface area contributed by atoms with Crippen molar-refractivity contribution >= 4 is 29.6 Å². The Bertz CT molecular complexity index is 626.